The molecule has 2 aliphatic heterocycles. The van der Waals surface area contributed by atoms with E-state index in [9.17, 15) is 9.59 Å². The molecule has 3 saturated carbocycles. The summed E-state index contributed by atoms with van der Waals surface area (Å²) < 4.78 is 0. The molecule has 0 aromatic heterocycles. The van der Waals surface area contributed by atoms with Crippen molar-refractivity contribution in [3.63, 3.8) is 0 Å². The average Bonchev–Trinajstić information content (AvgIpc) is 3.91. The van der Waals surface area contributed by atoms with Gasteiger partial charge in [-0.1, -0.05) is 38.5 Å². The Morgan fingerprint density at radius 2 is 0.820 bits per heavy atom. The molecule has 2 aromatic carbocycles. The van der Waals surface area contributed by atoms with E-state index in [1.807, 2.05) is 0 Å². The largest absolute Gasteiger partial charge is 0.372 e. The lowest BCUT2D eigenvalue weighted by Crippen LogP contribution is -2.48. The predicted octanol–water partition coefficient (Wildman–Crippen LogP) is 9.73. The lowest BCUT2D eigenvalue weighted by molar-refractivity contribution is 0.117. The van der Waals surface area contributed by atoms with Gasteiger partial charge in [0.25, 0.3) is 0 Å². The maximum Gasteiger partial charge on any atom is 0.322 e. The molecule has 5 fully saturated rings. The van der Waals surface area contributed by atoms with E-state index in [-0.39, 0.29) is 12.1 Å². The van der Waals surface area contributed by atoms with Crippen LogP contribution in [0.5, 0.6) is 0 Å². The summed E-state index contributed by atoms with van der Waals surface area (Å²) in [6.07, 6.45) is 21.4. The van der Waals surface area contributed by atoms with Crippen molar-refractivity contribution in [2.24, 2.45) is 11.8 Å². The van der Waals surface area contributed by atoms with Crippen LogP contribution in [-0.4, -0.2) is 73.2 Å². The van der Waals surface area contributed by atoms with Gasteiger partial charge in [-0.05, 0) is 137 Å². The summed E-state index contributed by atoms with van der Waals surface area (Å²) in [5.74, 6) is 1.03. The third-order valence-electron chi connectivity index (χ3n) is 12.6. The Bertz CT molecular complexity index is 1240. The fourth-order valence-electron chi connectivity index (χ4n) is 9.59. The van der Waals surface area contributed by atoms with Crippen molar-refractivity contribution in [1.29, 1.82) is 0 Å². The Morgan fingerprint density at radius 1 is 0.480 bits per heavy atom. The van der Waals surface area contributed by atoms with Crippen LogP contribution in [0.2, 0.25) is 0 Å². The minimum absolute atomic E-state index is 0.0709. The molecule has 0 radical (unpaired) electrons. The van der Waals surface area contributed by atoms with Gasteiger partial charge < -0.3 is 30.2 Å². The molecular formula is C42H62N6O2. The number of urea groups is 2. The Labute approximate surface area is 301 Å². The molecule has 2 N–H and O–H groups in total. The molecule has 0 bridgehead atoms. The lowest BCUT2D eigenvalue weighted by atomic mass is 9.80. The van der Waals surface area contributed by atoms with E-state index in [0.717, 1.165) is 102 Å². The van der Waals surface area contributed by atoms with Crippen molar-refractivity contribution in [2.45, 2.75) is 128 Å². The quantitative estimate of drug-likeness (QED) is 0.262. The number of anilines is 4. The predicted molar refractivity (Wildman–Crippen MR) is 206 cm³/mol. The summed E-state index contributed by atoms with van der Waals surface area (Å²) in [5.41, 5.74) is 4.30. The molecule has 7 rings (SSSR count). The molecule has 2 heterocycles. The zero-order valence-corrected chi connectivity index (χ0v) is 30.5. The van der Waals surface area contributed by atoms with Crippen LogP contribution in [0, 0.1) is 11.8 Å². The van der Waals surface area contributed by atoms with Crippen LogP contribution in [0.1, 0.15) is 116 Å². The maximum absolute atomic E-state index is 13.9. The van der Waals surface area contributed by atoms with Gasteiger partial charge in [-0.15, -0.1) is 0 Å². The number of hydrogen-bond acceptors (Lipinski definition) is 4. The highest BCUT2D eigenvalue weighted by Gasteiger charge is 2.33. The van der Waals surface area contributed by atoms with Crippen molar-refractivity contribution < 1.29 is 9.59 Å². The first kappa shape index (κ1) is 35.0. The molecular weight excluding hydrogens is 621 g/mol. The second-order valence-corrected chi connectivity index (χ2v) is 16.1. The van der Waals surface area contributed by atoms with Crippen LogP contribution in [-0.2, 0) is 0 Å². The molecule has 0 atom stereocenters. The molecule has 2 saturated heterocycles. The van der Waals surface area contributed by atoms with E-state index < -0.39 is 0 Å². The molecule has 0 unspecified atom stereocenters. The molecule has 5 aliphatic rings. The number of benzene rings is 2. The first-order valence-corrected chi connectivity index (χ1v) is 20.4. The number of carbonyl (C=O) groups excluding carboxylic acids is 2. The van der Waals surface area contributed by atoms with Crippen molar-refractivity contribution >= 4 is 34.8 Å². The van der Waals surface area contributed by atoms with Gasteiger partial charge in [0.1, 0.15) is 0 Å². The van der Waals surface area contributed by atoms with Gasteiger partial charge in [-0.3, -0.25) is 0 Å². The number of rotatable bonds is 10. The zero-order chi connectivity index (χ0) is 34.1. The minimum atomic E-state index is 0.0709. The standard InChI is InChI=1S/C42H62N6O2/c49-41(43-35-19-23-37(24-20-35)45-27-7-8-28-45)47(39-11-3-1-4-12-39)31-33-15-17-34(18-16-33)32-48(40-13-5-2-6-14-40)42(50)44-36-21-25-38(26-22-36)46-29-9-10-30-46/h19-26,33-34,39-40H,1-18,27-32H2,(H,43,49)(H,44,50)/t33-,34-. The lowest BCUT2D eigenvalue weighted by Gasteiger charge is -2.40. The van der Waals surface area contributed by atoms with Gasteiger partial charge in [-0.25, -0.2) is 9.59 Å². The van der Waals surface area contributed by atoms with Gasteiger partial charge >= 0.3 is 12.1 Å². The van der Waals surface area contributed by atoms with Crippen LogP contribution in [0.4, 0.5) is 32.3 Å². The topological polar surface area (TPSA) is 71.2 Å². The monoisotopic (exact) mass is 682 g/mol. The third-order valence-corrected chi connectivity index (χ3v) is 12.6. The first-order chi connectivity index (χ1) is 24.6. The van der Waals surface area contributed by atoms with E-state index in [4.69, 9.17) is 0 Å². The van der Waals surface area contributed by atoms with Crippen LogP contribution in [0.3, 0.4) is 0 Å². The molecule has 4 amide bonds. The summed E-state index contributed by atoms with van der Waals surface area (Å²) in [6.45, 7) is 6.20. The highest BCUT2D eigenvalue weighted by Crippen LogP contribution is 2.34. The van der Waals surface area contributed by atoms with Crippen LogP contribution in [0.25, 0.3) is 0 Å². The van der Waals surface area contributed by atoms with Crippen LogP contribution in [0.15, 0.2) is 48.5 Å². The molecule has 3 aliphatic carbocycles. The van der Waals surface area contributed by atoms with Gasteiger partial charge in [-0.2, -0.15) is 0 Å². The van der Waals surface area contributed by atoms with Crippen LogP contribution < -0.4 is 20.4 Å². The summed E-state index contributed by atoms with van der Waals surface area (Å²) in [6, 6.07) is 17.8. The smallest absolute Gasteiger partial charge is 0.322 e. The van der Waals surface area contributed by atoms with E-state index in [1.165, 1.54) is 75.6 Å². The van der Waals surface area contributed by atoms with Crippen molar-refractivity contribution in [1.82, 2.24) is 9.80 Å². The highest BCUT2D eigenvalue weighted by molar-refractivity contribution is 5.90. The average molecular weight is 683 g/mol. The summed E-state index contributed by atoms with van der Waals surface area (Å²) >= 11 is 0. The Morgan fingerprint density at radius 3 is 1.16 bits per heavy atom. The summed E-state index contributed by atoms with van der Waals surface area (Å²) in [7, 11) is 0. The van der Waals surface area contributed by atoms with Crippen molar-refractivity contribution in [3.8, 4) is 0 Å². The second-order valence-electron chi connectivity index (χ2n) is 16.1. The fraction of sp³-hybridized carbons (Fsp3) is 0.667. The van der Waals surface area contributed by atoms with Gasteiger partial charge in [0.15, 0.2) is 0 Å². The summed E-state index contributed by atoms with van der Waals surface area (Å²) in [4.78, 5) is 37.0. The number of nitrogens with one attached hydrogen (secondary N) is 2. The van der Waals surface area contributed by atoms with Crippen molar-refractivity contribution in [3.05, 3.63) is 48.5 Å². The second kappa shape index (κ2) is 17.2. The molecule has 2 aromatic rings. The van der Waals surface area contributed by atoms with Gasteiger partial charge in [0.2, 0.25) is 0 Å². The van der Waals surface area contributed by atoms with Crippen LogP contribution >= 0.6 is 0 Å². The van der Waals surface area contributed by atoms with E-state index in [1.54, 1.807) is 0 Å². The van der Waals surface area contributed by atoms with E-state index >= 15 is 0 Å². The SMILES string of the molecule is O=C(Nc1ccc(N2CCCC2)cc1)N(C[C@H]1CC[C@H](CN(C(=O)Nc2ccc(N3CCCC3)cc2)C2CCCCC2)CC1)C1CCCCC1. The zero-order valence-electron chi connectivity index (χ0n) is 30.5. The fourth-order valence-corrected chi connectivity index (χ4v) is 9.59. The normalized spacial score (nSPS) is 23.5. The molecule has 0 spiro atoms. The minimum Gasteiger partial charge on any atom is -0.372 e. The number of nitrogens with zero attached hydrogens (tertiary/aromatic N) is 4. The maximum atomic E-state index is 13.9. The highest BCUT2D eigenvalue weighted by atomic mass is 16.2. The third kappa shape index (κ3) is 9.08. The Balaban J connectivity index is 0.943. The Kier molecular flexibility index (Phi) is 12.0. The summed E-state index contributed by atoms with van der Waals surface area (Å²) in [5, 5.41) is 6.56. The van der Waals surface area contributed by atoms with Gasteiger partial charge in [0, 0.05) is 74.1 Å². The Hall–Kier alpha value is -3.42. The molecule has 50 heavy (non-hydrogen) atoms. The molecule has 272 valence electrons. The number of amides is 4. The van der Waals surface area contributed by atoms with E-state index in [2.05, 4.69) is 78.8 Å². The number of hydrogen-bond donors (Lipinski definition) is 2. The van der Waals surface area contributed by atoms with Crippen molar-refractivity contribution in [2.75, 3.05) is 59.7 Å². The van der Waals surface area contributed by atoms with E-state index in [0.29, 0.717) is 23.9 Å². The first-order valence-electron chi connectivity index (χ1n) is 20.4. The molecule has 8 heteroatoms. The molecule has 8 nitrogen and oxygen atoms in total. The van der Waals surface area contributed by atoms with Gasteiger partial charge in [0.05, 0.1) is 0 Å². The number of carbonyl (C=O) groups is 2.